The van der Waals surface area contributed by atoms with Crippen LogP contribution in [0.15, 0.2) is 18.7 Å². The van der Waals surface area contributed by atoms with Gasteiger partial charge in [-0.3, -0.25) is 4.79 Å². The van der Waals surface area contributed by atoms with Gasteiger partial charge >= 0.3 is 5.97 Å². The van der Waals surface area contributed by atoms with Crippen LogP contribution in [0, 0.1) is 5.92 Å². The third kappa shape index (κ3) is 4.67. The van der Waals surface area contributed by atoms with E-state index in [0.717, 1.165) is 51.6 Å². The van der Waals surface area contributed by atoms with Crippen LogP contribution >= 0.6 is 0 Å². The topological polar surface area (TPSA) is 67.2 Å². The summed E-state index contributed by atoms with van der Waals surface area (Å²) >= 11 is 0. The summed E-state index contributed by atoms with van der Waals surface area (Å²) in [5.41, 5.74) is 0. The van der Waals surface area contributed by atoms with Crippen molar-refractivity contribution in [1.82, 2.24) is 14.9 Å². The van der Waals surface area contributed by atoms with Gasteiger partial charge in [-0.05, 0) is 38.6 Å². The third-order valence-corrected chi connectivity index (χ3v) is 3.86. The molecule has 0 aromatic carbocycles. The lowest BCUT2D eigenvalue weighted by Crippen LogP contribution is -2.36. The highest BCUT2D eigenvalue weighted by Gasteiger charge is 2.26. The smallest absolute Gasteiger partial charge is 0.306 e. The number of carbonyl (C=O) groups is 1. The number of hydrogen-bond acceptors (Lipinski definition) is 3. The van der Waals surface area contributed by atoms with E-state index in [2.05, 4.69) is 14.9 Å². The van der Waals surface area contributed by atoms with Crippen LogP contribution in [-0.2, 0) is 11.3 Å². The standard InChI is InChI=1S/C14H23N3O2/c18-14(19)12-4-3-5-13(10-12)16-6-1-2-8-17-9-7-15-11-17/h7,9,11-13,16H,1-6,8,10H2,(H,18,19). The van der Waals surface area contributed by atoms with Gasteiger partial charge in [-0.2, -0.15) is 0 Å². The maximum Gasteiger partial charge on any atom is 0.306 e. The molecule has 1 aromatic rings. The quantitative estimate of drug-likeness (QED) is 0.739. The van der Waals surface area contributed by atoms with E-state index >= 15 is 0 Å². The maximum absolute atomic E-state index is 11.0. The molecule has 1 aliphatic carbocycles. The van der Waals surface area contributed by atoms with E-state index in [9.17, 15) is 4.79 Å². The number of nitrogens with one attached hydrogen (secondary N) is 1. The lowest BCUT2D eigenvalue weighted by atomic mass is 9.86. The fourth-order valence-corrected chi connectivity index (χ4v) is 2.74. The molecule has 0 spiro atoms. The van der Waals surface area contributed by atoms with Crippen molar-refractivity contribution in [1.29, 1.82) is 0 Å². The van der Waals surface area contributed by atoms with Crippen molar-refractivity contribution in [2.75, 3.05) is 6.54 Å². The van der Waals surface area contributed by atoms with E-state index in [4.69, 9.17) is 5.11 Å². The number of hydrogen-bond donors (Lipinski definition) is 2. The van der Waals surface area contributed by atoms with E-state index < -0.39 is 5.97 Å². The molecule has 0 saturated heterocycles. The predicted octanol–water partition coefficient (Wildman–Crippen LogP) is 1.90. The highest BCUT2D eigenvalue weighted by molar-refractivity contribution is 5.70. The van der Waals surface area contributed by atoms with E-state index in [1.807, 2.05) is 12.5 Å². The first-order valence-corrected chi connectivity index (χ1v) is 7.17. The first-order valence-electron chi connectivity index (χ1n) is 7.17. The van der Waals surface area contributed by atoms with Crippen molar-refractivity contribution < 1.29 is 9.90 Å². The van der Waals surface area contributed by atoms with E-state index in [0.29, 0.717) is 6.04 Å². The fraction of sp³-hybridized carbons (Fsp3) is 0.714. The van der Waals surface area contributed by atoms with Gasteiger partial charge < -0.3 is 15.0 Å². The maximum atomic E-state index is 11.0. The lowest BCUT2D eigenvalue weighted by molar-refractivity contribution is -0.143. The molecule has 0 amide bonds. The number of imidazole rings is 1. The number of aromatic nitrogens is 2. The molecular formula is C14H23N3O2. The molecule has 2 unspecified atom stereocenters. The van der Waals surface area contributed by atoms with Crippen LogP contribution in [0.25, 0.3) is 0 Å². The van der Waals surface area contributed by atoms with Crippen molar-refractivity contribution in [2.24, 2.45) is 5.92 Å². The summed E-state index contributed by atoms with van der Waals surface area (Å²) < 4.78 is 2.08. The molecule has 1 fully saturated rings. The molecule has 106 valence electrons. The molecule has 0 aliphatic heterocycles. The Bertz CT molecular complexity index is 378. The second kappa shape index (κ2) is 7.28. The van der Waals surface area contributed by atoms with Gasteiger partial charge in [0.15, 0.2) is 0 Å². The molecule has 1 aliphatic rings. The summed E-state index contributed by atoms with van der Waals surface area (Å²) in [7, 11) is 0. The lowest BCUT2D eigenvalue weighted by Gasteiger charge is -2.27. The molecule has 2 atom stereocenters. The van der Waals surface area contributed by atoms with Crippen LogP contribution in [0.5, 0.6) is 0 Å². The molecule has 5 nitrogen and oxygen atoms in total. The van der Waals surface area contributed by atoms with Crippen LogP contribution in [0.3, 0.4) is 0 Å². The summed E-state index contributed by atoms with van der Waals surface area (Å²) in [6, 6.07) is 0.392. The molecule has 0 bridgehead atoms. The average Bonchev–Trinajstić information content (AvgIpc) is 2.92. The summed E-state index contributed by atoms with van der Waals surface area (Å²) in [4.78, 5) is 15.0. The number of carboxylic acids is 1. The van der Waals surface area contributed by atoms with Crippen molar-refractivity contribution in [3.8, 4) is 0 Å². The van der Waals surface area contributed by atoms with E-state index in [1.54, 1.807) is 6.20 Å². The molecule has 1 heterocycles. The molecule has 1 aromatic heterocycles. The minimum absolute atomic E-state index is 0.141. The zero-order valence-corrected chi connectivity index (χ0v) is 11.3. The summed E-state index contributed by atoms with van der Waals surface area (Å²) in [5, 5.41) is 12.5. The van der Waals surface area contributed by atoms with Crippen LogP contribution in [0.4, 0.5) is 0 Å². The van der Waals surface area contributed by atoms with Gasteiger partial charge in [0.2, 0.25) is 0 Å². The Morgan fingerprint density at radius 1 is 1.42 bits per heavy atom. The number of rotatable bonds is 7. The van der Waals surface area contributed by atoms with Crippen LogP contribution in [-0.4, -0.2) is 33.2 Å². The normalized spacial score (nSPS) is 23.4. The number of carboxylic acid groups (broad SMARTS) is 1. The van der Waals surface area contributed by atoms with Gasteiger partial charge in [0, 0.05) is 25.0 Å². The summed E-state index contributed by atoms with van der Waals surface area (Å²) in [6.45, 7) is 1.98. The molecule has 2 rings (SSSR count). The Hall–Kier alpha value is -1.36. The fourth-order valence-electron chi connectivity index (χ4n) is 2.74. The van der Waals surface area contributed by atoms with Crippen LogP contribution < -0.4 is 5.32 Å². The molecule has 0 radical (unpaired) electrons. The van der Waals surface area contributed by atoms with Gasteiger partial charge in [0.05, 0.1) is 12.2 Å². The van der Waals surface area contributed by atoms with Crippen molar-refractivity contribution >= 4 is 5.97 Å². The van der Waals surface area contributed by atoms with Gasteiger partial charge in [-0.25, -0.2) is 4.98 Å². The van der Waals surface area contributed by atoms with Gasteiger partial charge in [0.1, 0.15) is 0 Å². The van der Waals surface area contributed by atoms with E-state index in [-0.39, 0.29) is 5.92 Å². The first kappa shape index (κ1) is 14.1. The SMILES string of the molecule is O=C(O)C1CCCC(NCCCCn2ccnc2)C1. The Balaban J connectivity index is 1.56. The largest absolute Gasteiger partial charge is 0.481 e. The Morgan fingerprint density at radius 3 is 3.05 bits per heavy atom. The average molecular weight is 265 g/mol. The number of unbranched alkanes of at least 4 members (excludes halogenated alkanes) is 1. The van der Waals surface area contributed by atoms with E-state index in [1.165, 1.54) is 0 Å². The zero-order valence-electron chi connectivity index (χ0n) is 11.3. The molecule has 1 saturated carbocycles. The van der Waals surface area contributed by atoms with Gasteiger partial charge in [-0.1, -0.05) is 6.42 Å². The monoisotopic (exact) mass is 265 g/mol. The summed E-state index contributed by atoms with van der Waals surface area (Å²) in [5.74, 6) is -0.774. The first-order chi connectivity index (χ1) is 9.25. The van der Waals surface area contributed by atoms with Crippen LogP contribution in [0.1, 0.15) is 38.5 Å². The number of aryl methyl sites for hydroxylation is 1. The predicted molar refractivity (Wildman–Crippen MR) is 72.8 cm³/mol. The number of nitrogens with zero attached hydrogens (tertiary/aromatic N) is 2. The zero-order chi connectivity index (χ0) is 13.5. The molecular weight excluding hydrogens is 242 g/mol. The second-order valence-corrected chi connectivity index (χ2v) is 5.36. The van der Waals surface area contributed by atoms with Crippen molar-refractivity contribution in [3.63, 3.8) is 0 Å². The summed E-state index contributed by atoms with van der Waals surface area (Å²) in [6.07, 6.45) is 11.6. The van der Waals surface area contributed by atoms with Gasteiger partial charge in [0.25, 0.3) is 0 Å². The highest BCUT2D eigenvalue weighted by atomic mass is 16.4. The minimum Gasteiger partial charge on any atom is -0.481 e. The molecule has 2 N–H and O–H groups in total. The van der Waals surface area contributed by atoms with Crippen molar-refractivity contribution in [3.05, 3.63) is 18.7 Å². The minimum atomic E-state index is -0.633. The third-order valence-electron chi connectivity index (χ3n) is 3.86. The molecule has 19 heavy (non-hydrogen) atoms. The van der Waals surface area contributed by atoms with Crippen LogP contribution in [0.2, 0.25) is 0 Å². The second-order valence-electron chi connectivity index (χ2n) is 5.36. The highest BCUT2D eigenvalue weighted by Crippen LogP contribution is 2.24. The number of aliphatic carboxylic acids is 1. The Morgan fingerprint density at radius 2 is 2.32 bits per heavy atom. The Labute approximate surface area is 114 Å². The van der Waals surface area contributed by atoms with Gasteiger partial charge in [-0.15, -0.1) is 0 Å². The van der Waals surface area contributed by atoms with Crippen molar-refractivity contribution in [2.45, 2.75) is 51.1 Å². The Kier molecular flexibility index (Phi) is 5.39. The molecule has 5 heteroatoms.